The highest BCUT2D eigenvalue weighted by atomic mass is 14.6. The average molecular weight is 148 g/mol. The molecule has 0 saturated carbocycles. The van der Waals surface area contributed by atoms with Gasteiger partial charge in [-0.2, -0.15) is 0 Å². The lowest BCUT2D eigenvalue weighted by Crippen LogP contribution is -2.13. The number of nitrogens with two attached hydrogens (primary N) is 1. The number of hydrogen-bond donors (Lipinski definition) is 2. The molecule has 2 heteroatoms. The van der Waals surface area contributed by atoms with E-state index in [0.717, 1.165) is 5.56 Å². The molecular weight excluding hydrogens is 136 g/mol. The molecule has 1 aromatic rings. The van der Waals surface area contributed by atoms with E-state index in [4.69, 9.17) is 11.1 Å². The standard InChI is InChI=1S/C9H12N2/c1-7-2-4-8(5-3-7)9(11)6-10/h2-5,11H,6,10H2,1H3. The fourth-order valence-corrected chi connectivity index (χ4v) is 0.873. The van der Waals surface area contributed by atoms with Gasteiger partial charge in [0.05, 0.1) is 5.71 Å². The van der Waals surface area contributed by atoms with Crippen LogP contribution < -0.4 is 5.73 Å². The molecule has 11 heavy (non-hydrogen) atoms. The summed E-state index contributed by atoms with van der Waals surface area (Å²) in [4.78, 5) is 0. The van der Waals surface area contributed by atoms with Crippen LogP contribution >= 0.6 is 0 Å². The van der Waals surface area contributed by atoms with Crippen LogP contribution in [0.4, 0.5) is 0 Å². The molecule has 0 atom stereocenters. The zero-order valence-electron chi connectivity index (χ0n) is 6.59. The summed E-state index contributed by atoms with van der Waals surface area (Å²) in [6, 6.07) is 7.81. The summed E-state index contributed by atoms with van der Waals surface area (Å²) >= 11 is 0. The smallest absolute Gasteiger partial charge is 0.0522 e. The molecule has 58 valence electrons. The lowest BCUT2D eigenvalue weighted by Gasteiger charge is -1.99. The van der Waals surface area contributed by atoms with Crippen molar-refractivity contribution >= 4 is 5.71 Å². The first kappa shape index (κ1) is 7.95. The first-order valence-electron chi connectivity index (χ1n) is 3.58. The van der Waals surface area contributed by atoms with Crippen LogP contribution in [0.3, 0.4) is 0 Å². The highest BCUT2D eigenvalue weighted by Gasteiger charge is 1.95. The number of nitrogens with one attached hydrogen (secondary N) is 1. The maximum atomic E-state index is 7.42. The largest absolute Gasteiger partial charge is 0.325 e. The van der Waals surface area contributed by atoms with Crippen molar-refractivity contribution in [1.82, 2.24) is 0 Å². The molecule has 0 aliphatic carbocycles. The summed E-state index contributed by atoms with van der Waals surface area (Å²) in [5.41, 5.74) is 7.93. The molecule has 1 rings (SSSR count). The Morgan fingerprint density at radius 1 is 1.36 bits per heavy atom. The zero-order valence-corrected chi connectivity index (χ0v) is 6.59. The summed E-state index contributed by atoms with van der Waals surface area (Å²) in [5.74, 6) is 0. The second-order valence-electron chi connectivity index (χ2n) is 2.55. The molecule has 0 heterocycles. The fourth-order valence-electron chi connectivity index (χ4n) is 0.873. The Morgan fingerprint density at radius 3 is 2.36 bits per heavy atom. The third-order valence-electron chi connectivity index (χ3n) is 1.60. The maximum absolute atomic E-state index is 7.42. The van der Waals surface area contributed by atoms with Crippen LogP contribution in [0.2, 0.25) is 0 Å². The van der Waals surface area contributed by atoms with Crippen LogP contribution in [0.25, 0.3) is 0 Å². The molecule has 2 nitrogen and oxygen atoms in total. The zero-order chi connectivity index (χ0) is 8.27. The van der Waals surface area contributed by atoms with E-state index < -0.39 is 0 Å². The Hall–Kier alpha value is -1.15. The highest BCUT2D eigenvalue weighted by molar-refractivity contribution is 5.99. The first-order chi connectivity index (χ1) is 5.24. The van der Waals surface area contributed by atoms with Gasteiger partial charge in [-0.15, -0.1) is 0 Å². The third kappa shape index (κ3) is 1.88. The minimum atomic E-state index is 0.309. The lowest BCUT2D eigenvalue weighted by atomic mass is 10.1. The Balaban J connectivity index is 2.90. The van der Waals surface area contributed by atoms with Crippen molar-refractivity contribution in [3.63, 3.8) is 0 Å². The molecule has 0 unspecified atom stereocenters. The van der Waals surface area contributed by atoms with Crippen molar-refractivity contribution < 1.29 is 0 Å². The van der Waals surface area contributed by atoms with Gasteiger partial charge in [0.1, 0.15) is 0 Å². The van der Waals surface area contributed by atoms with E-state index in [2.05, 4.69) is 0 Å². The van der Waals surface area contributed by atoms with Gasteiger partial charge in [-0.1, -0.05) is 29.8 Å². The normalized spacial score (nSPS) is 9.64. The quantitative estimate of drug-likeness (QED) is 0.610. The predicted octanol–water partition coefficient (Wildman–Crippen LogP) is 1.32. The summed E-state index contributed by atoms with van der Waals surface area (Å²) < 4.78 is 0. The van der Waals surface area contributed by atoms with Crippen molar-refractivity contribution in [2.24, 2.45) is 5.73 Å². The Morgan fingerprint density at radius 2 is 1.91 bits per heavy atom. The number of hydrogen-bond acceptors (Lipinski definition) is 2. The van der Waals surface area contributed by atoms with Crippen molar-refractivity contribution in [3.8, 4) is 0 Å². The highest BCUT2D eigenvalue weighted by Crippen LogP contribution is 2.02. The van der Waals surface area contributed by atoms with Crippen LogP contribution in [0.15, 0.2) is 24.3 Å². The van der Waals surface area contributed by atoms with Crippen molar-refractivity contribution in [3.05, 3.63) is 35.4 Å². The molecule has 0 bridgehead atoms. The Labute approximate surface area is 66.6 Å². The summed E-state index contributed by atoms with van der Waals surface area (Å²) in [6.45, 7) is 2.33. The third-order valence-corrected chi connectivity index (χ3v) is 1.60. The first-order valence-corrected chi connectivity index (χ1v) is 3.58. The van der Waals surface area contributed by atoms with Gasteiger partial charge in [-0.25, -0.2) is 0 Å². The van der Waals surface area contributed by atoms with E-state index in [1.807, 2.05) is 31.2 Å². The van der Waals surface area contributed by atoms with Crippen molar-refractivity contribution in [2.45, 2.75) is 6.92 Å². The van der Waals surface area contributed by atoms with E-state index in [1.165, 1.54) is 5.56 Å². The molecule has 0 amide bonds. The molecule has 1 aromatic carbocycles. The van der Waals surface area contributed by atoms with Gasteiger partial charge in [0.25, 0.3) is 0 Å². The van der Waals surface area contributed by atoms with Crippen LogP contribution in [0.5, 0.6) is 0 Å². The molecule has 3 N–H and O–H groups in total. The van der Waals surface area contributed by atoms with Crippen molar-refractivity contribution in [2.75, 3.05) is 6.54 Å². The lowest BCUT2D eigenvalue weighted by molar-refractivity contribution is 1.26. The van der Waals surface area contributed by atoms with Gasteiger partial charge in [-0.3, -0.25) is 0 Å². The van der Waals surface area contributed by atoms with Gasteiger partial charge >= 0.3 is 0 Å². The maximum Gasteiger partial charge on any atom is 0.0522 e. The second kappa shape index (κ2) is 3.30. The Bertz CT molecular complexity index is 249. The molecule has 0 spiro atoms. The minimum absolute atomic E-state index is 0.309. The van der Waals surface area contributed by atoms with Crippen LogP contribution in [-0.4, -0.2) is 12.3 Å². The van der Waals surface area contributed by atoms with E-state index >= 15 is 0 Å². The van der Waals surface area contributed by atoms with Gasteiger partial charge in [-0.05, 0) is 12.5 Å². The van der Waals surface area contributed by atoms with Gasteiger partial charge in [0, 0.05) is 6.54 Å². The summed E-state index contributed by atoms with van der Waals surface area (Å²) in [7, 11) is 0. The van der Waals surface area contributed by atoms with Crippen LogP contribution in [0, 0.1) is 12.3 Å². The molecule has 0 radical (unpaired) electrons. The second-order valence-corrected chi connectivity index (χ2v) is 2.55. The van der Waals surface area contributed by atoms with Gasteiger partial charge < -0.3 is 11.1 Å². The van der Waals surface area contributed by atoms with Gasteiger partial charge in [0.2, 0.25) is 0 Å². The predicted molar refractivity (Wildman–Crippen MR) is 47.1 cm³/mol. The van der Waals surface area contributed by atoms with Crippen LogP contribution in [-0.2, 0) is 0 Å². The molecule has 0 saturated heterocycles. The van der Waals surface area contributed by atoms with Crippen molar-refractivity contribution in [1.29, 1.82) is 5.41 Å². The molecule has 0 aliphatic rings. The average Bonchev–Trinajstić information content (AvgIpc) is 2.05. The summed E-state index contributed by atoms with van der Waals surface area (Å²) in [5, 5.41) is 7.42. The topological polar surface area (TPSA) is 49.9 Å². The number of aryl methyl sites for hydroxylation is 1. The van der Waals surface area contributed by atoms with Gasteiger partial charge in [0.15, 0.2) is 0 Å². The van der Waals surface area contributed by atoms with E-state index in [9.17, 15) is 0 Å². The minimum Gasteiger partial charge on any atom is -0.325 e. The number of benzene rings is 1. The van der Waals surface area contributed by atoms with E-state index in [0.29, 0.717) is 12.3 Å². The summed E-state index contributed by atoms with van der Waals surface area (Å²) in [6.07, 6.45) is 0. The molecular formula is C9H12N2. The molecule has 0 aromatic heterocycles. The fraction of sp³-hybridized carbons (Fsp3) is 0.222. The van der Waals surface area contributed by atoms with Crippen LogP contribution in [0.1, 0.15) is 11.1 Å². The molecule has 0 fully saturated rings. The SMILES string of the molecule is Cc1ccc(C(=N)CN)cc1. The number of rotatable bonds is 2. The monoisotopic (exact) mass is 148 g/mol. The molecule has 0 aliphatic heterocycles. The van der Waals surface area contributed by atoms with E-state index in [1.54, 1.807) is 0 Å². The van der Waals surface area contributed by atoms with E-state index in [-0.39, 0.29) is 0 Å². The Kier molecular flexibility index (Phi) is 2.39.